The lowest BCUT2D eigenvalue weighted by Crippen LogP contribution is -2.61. The number of aromatic nitrogens is 2. The Bertz CT molecular complexity index is 1240. The molecule has 1 aliphatic rings. The van der Waals surface area contributed by atoms with Crippen LogP contribution < -0.4 is 16.8 Å². The van der Waals surface area contributed by atoms with Gasteiger partial charge < -0.3 is 31.2 Å². The second-order valence-corrected chi connectivity index (χ2v) is 10.7. The predicted octanol–water partition coefficient (Wildman–Crippen LogP) is 4.05. The highest BCUT2D eigenvalue weighted by Crippen LogP contribution is 2.32. The number of phenols is 1. The average Bonchev–Trinajstić information content (AvgIpc) is 3.22. The summed E-state index contributed by atoms with van der Waals surface area (Å²) in [5.41, 5.74) is 16.7. The zero-order chi connectivity index (χ0) is 24.7. The third kappa shape index (κ3) is 5.04. The van der Waals surface area contributed by atoms with Crippen LogP contribution in [0.4, 0.5) is 0 Å². The van der Waals surface area contributed by atoms with Gasteiger partial charge in [0, 0.05) is 41.6 Å². The van der Waals surface area contributed by atoms with Gasteiger partial charge in [0.1, 0.15) is 5.75 Å². The first-order chi connectivity index (χ1) is 15.9. The molecule has 7 nitrogen and oxygen atoms in total. The van der Waals surface area contributed by atoms with Crippen molar-refractivity contribution in [1.82, 2.24) is 19.6 Å². The maximum absolute atomic E-state index is 10.7. The fraction of sp³-hybridized carbons (Fsp3) is 0.370. The van der Waals surface area contributed by atoms with Crippen LogP contribution in [0.1, 0.15) is 46.1 Å². The van der Waals surface area contributed by atoms with Crippen LogP contribution in [-0.2, 0) is 0 Å². The van der Waals surface area contributed by atoms with E-state index < -0.39 is 0 Å². The van der Waals surface area contributed by atoms with Gasteiger partial charge >= 0.3 is 0 Å². The Morgan fingerprint density at radius 3 is 2.44 bits per heavy atom. The van der Waals surface area contributed by atoms with Gasteiger partial charge in [0.15, 0.2) is 0 Å². The van der Waals surface area contributed by atoms with Crippen LogP contribution >= 0.6 is 0 Å². The van der Waals surface area contributed by atoms with Gasteiger partial charge in [0.2, 0.25) is 0 Å². The van der Waals surface area contributed by atoms with E-state index in [-0.39, 0.29) is 16.8 Å². The summed E-state index contributed by atoms with van der Waals surface area (Å²) in [6, 6.07) is 9.86. The number of imidazole rings is 1. The molecule has 0 unspecified atom stereocenters. The number of hydrogen-bond donors (Lipinski definition) is 4. The SMILES string of the molecule is CN(/C(N)=C/C=C(\N)c1ccc(-c2ccn3cncc3c2)cc1O)C1CC(C)(C)NC(C)(C)C1. The summed E-state index contributed by atoms with van der Waals surface area (Å²) in [6.45, 7) is 8.92. The Hall–Kier alpha value is -3.45. The quantitative estimate of drug-likeness (QED) is 0.428. The summed E-state index contributed by atoms with van der Waals surface area (Å²) >= 11 is 0. The van der Waals surface area contributed by atoms with Gasteiger partial charge in [-0.25, -0.2) is 4.98 Å². The number of nitrogens with zero attached hydrogens (tertiary/aromatic N) is 3. The molecule has 3 heterocycles. The summed E-state index contributed by atoms with van der Waals surface area (Å²) in [7, 11) is 2.03. The summed E-state index contributed by atoms with van der Waals surface area (Å²) in [4.78, 5) is 6.28. The molecule has 0 radical (unpaired) electrons. The molecule has 0 spiro atoms. The summed E-state index contributed by atoms with van der Waals surface area (Å²) in [5, 5.41) is 14.4. The normalized spacial score (nSPS) is 18.9. The first-order valence-electron chi connectivity index (χ1n) is 11.6. The van der Waals surface area contributed by atoms with Gasteiger partial charge in [0.25, 0.3) is 0 Å². The van der Waals surface area contributed by atoms with E-state index in [1.807, 2.05) is 48.0 Å². The van der Waals surface area contributed by atoms with Crippen LogP contribution in [0.25, 0.3) is 22.3 Å². The fourth-order valence-corrected chi connectivity index (χ4v) is 5.19. The number of allylic oxidation sites excluding steroid dienone is 2. The Kier molecular flexibility index (Phi) is 6.08. The molecule has 6 N–H and O–H groups in total. The van der Waals surface area contributed by atoms with E-state index >= 15 is 0 Å². The lowest BCUT2D eigenvalue weighted by molar-refractivity contribution is 0.0981. The van der Waals surface area contributed by atoms with Gasteiger partial charge in [-0.1, -0.05) is 6.07 Å². The van der Waals surface area contributed by atoms with E-state index in [0.717, 1.165) is 29.5 Å². The average molecular weight is 461 g/mol. The second kappa shape index (κ2) is 8.72. The van der Waals surface area contributed by atoms with Gasteiger partial charge in [-0.15, -0.1) is 0 Å². The van der Waals surface area contributed by atoms with Gasteiger partial charge in [-0.05, 0) is 88.1 Å². The van der Waals surface area contributed by atoms with Crippen molar-refractivity contribution in [1.29, 1.82) is 0 Å². The molecule has 1 saturated heterocycles. The van der Waals surface area contributed by atoms with Crippen LogP contribution in [0.3, 0.4) is 0 Å². The molecule has 0 bridgehead atoms. The molecular formula is C27H36N6O. The number of piperidine rings is 1. The van der Waals surface area contributed by atoms with Crippen molar-refractivity contribution in [3.05, 3.63) is 72.6 Å². The Morgan fingerprint density at radius 1 is 1.09 bits per heavy atom. The van der Waals surface area contributed by atoms with Crippen LogP contribution in [0.5, 0.6) is 5.75 Å². The number of benzene rings is 1. The number of hydrogen-bond acceptors (Lipinski definition) is 6. The van der Waals surface area contributed by atoms with Crippen LogP contribution in [0.2, 0.25) is 0 Å². The van der Waals surface area contributed by atoms with E-state index in [4.69, 9.17) is 11.5 Å². The minimum absolute atomic E-state index is 0.0337. The molecule has 0 atom stereocenters. The molecule has 1 aromatic carbocycles. The highest BCUT2D eigenvalue weighted by atomic mass is 16.3. The molecule has 0 amide bonds. The van der Waals surface area contributed by atoms with E-state index in [2.05, 4.69) is 42.9 Å². The minimum Gasteiger partial charge on any atom is -0.507 e. The third-order valence-electron chi connectivity index (χ3n) is 6.61. The molecule has 0 aliphatic carbocycles. The number of nitrogens with two attached hydrogens (primary N) is 2. The standard InChI is InChI=1S/C27H36N6O/c1-26(2)14-21(15-27(3,4)31-26)32(5)25(29)9-8-23(28)22-7-6-18(13-24(22)34)19-10-11-33-17-30-16-20(33)12-19/h6-13,16-17,21,31,34H,14-15,28-29H2,1-5H3/b23-8-,25-9+. The molecule has 4 rings (SSSR count). The number of phenolic OH excluding ortho intramolecular Hbond substituents is 1. The molecule has 1 fully saturated rings. The lowest BCUT2D eigenvalue weighted by Gasteiger charge is -2.49. The molecular weight excluding hydrogens is 424 g/mol. The fourth-order valence-electron chi connectivity index (χ4n) is 5.19. The summed E-state index contributed by atoms with van der Waals surface area (Å²) in [5.74, 6) is 0.772. The molecule has 180 valence electrons. The lowest BCUT2D eigenvalue weighted by atomic mass is 9.79. The topological polar surface area (TPSA) is 105 Å². The Labute approximate surface area is 201 Å². The highest BCUT2D eigenvalue weighted by Gasteiger charge is 2.39. The smallest absolute Gasteiger partial charge is 0.125 e. The molecule has 2 aromatic heterocycles. The monoisotopic (exact) mass is 460 g/mol. The van der Waals surface area contributed by atoms with Crippen LogP contribution in [-0.4, -0.2) is 43.6 Å². The molecule has 0 saturated carbocycles. The van der Waals surface area contributed by atoms with Crippen molar-refractivity contribution in [2.45, 2.75) is 57.7 Å². The third-order valence-corrected chi connectivity index (χ3v) is 6.61. The van der Waals surface area contributed by atoms with Crippen molar-refractivity contribution < 1.29 is 5.11 Å². The number of nitrogens with one attached hydrogen (secondary N) is 1. The van der Waals surface area contributed by atoms with Gasteiger partial charge in [0.05, 0.1) is 23.9 Å². The van der Waals surface area contributed by atoms with Crippen LogP contribution in [0, 0.1) is 0 Å². The first kappa shape index (κ1) is 23.7. The molecule has 7 heteroatoms. The van der Waals surface area contributed by atoms with Crippen molar-refractivity contribution in [2.75, 3.05) is 7.05 Å². The molecule has 34 heavy (non-hydrogen) atoms. The number of fused-ring (bicyclic) bond motifs is 1. The Morgan fingerprint density at radius 2 is 1.76 bits per heavy atom. The van der Waals surface area contributed by atoms with Crippen molar-refractivity contribution >= 4 is 11.2 Å². The zero-order valence-electron chi connectivity index (χ0n) is 20.7. The zero-order valence-corrected chi connectivity index (χ0v) is 20.7. The van der Waals surface area contributed by atoms with E-state index in [1.165, 1.54) is 0 Å². The maximum Gasteiger partial charge on any atom is 0.125 e. The highest BCUT2D eigenvalue weighted by molar-refractivity contribution is 5.75. The largest absolute Gasteiger partial charge is 0.507 e. The first-order valence-corrected chi connectivity index (χ1v) is 11.6. The summed E-state index contributed by atoms with van der Waals surface area (Å²) in [6.07, 6.45) is 11.1. The van der Waals surface area contributed by atoms with E-state index in [0.29, 0.717) is 23.1 Å². The summed E-state index contributed by atoms with van der Waals surface area (Å²) < 4.78 is 1.94. The predicted molar refractivity (Wildman–Crippen MR) is 139 cm³/mol. The van der Waals surface area contributed by atoms with Crippen LogP contribution in [0.15, 0.2) is 67.0 Å². The van der Waals surface area contributed by atoms with Crippen molar-refractivity contribution in [2.24, 2.45) is 11.5 Å². The minimum atomic E-state index is 0.0337. The maximum atomic E-state index is 10.7. The molecule has 3 aromatic rings. The number of rotatable bonds is 5. The van der Waals surface area contributed by atoms with Gasteiger partial charge in [-0.2, -0.15) is 0 Å². The van der Waals surface area contributed by atoms with Crippen molar-refractivity contribution in [3.8, 4) is 16.9 Å². The molecule has 1 aliphatic heterocycles. The second-order valence-electron chi connectivity index (χ2n) is 10.7. The van der Waals surface area contributed by atoms with Gasteiger partial charge in [-0.3, -0.25) is 0 Å². The number of aromatic hydroxyl groups is 1. The number of pyridine rings is 1. The Balaban J connectivity index is 1.52. The van der Waals surface area contributed by atoms with Crippen molar-refractivity contribution in [3.63, 3.8) is 0 Å². The van der Waals surface area contributed by atoms with E-state index in [1.54, 1.807) is 24.7 Å². The van der Waals surface area contributed by atoms with E-state index in [9.17, 15) is 5.11 Å².